The highest BCUT2D eigenvalue weighted by Crippen LogP contribution is 2.46. The maximum Gasteiger partial charge on any atom is 0.405 e. The summed E-state index contributed by atoms with van der Waals surface area (Å²) in [6.45, 7) is 7.01. The van der Waals surface area contributed by atoms with E-state index in [0.29, 0.717) is 17.4 Å². The summed E-state index contributed by atoms with van der Waals surface area (Å²) in [5, 5.41) is 0.613. The van der Waals surface area contributed by atoms with Gasteiger partial charge in [0.25, 0.3) is 0 Å². The van der Waals surface area contributed by atoms with Crippen LogP contribution in [-0.2, 0) is 11.2 Å². The Morgan fingerprint density at radius 1 is 1.21 bits per heavy atom. The van der Waals surface area contributed by atoms with Crippen LogP contribution in [0.15, 0.2) is 36.4 Å². The van der Waals surface area contributed by atoms with Crippen molar-refractivity contribution in [2.75, 3.05) is 6.61 Å². The van der Waals surface area contributed by atoms with Crippen LogP contribution in [0.2, 0.25) is 5.02 Å². The van der Waals surface area contributed by atoms with Gasteiger partial charge in [-0.25, -0.2) is 4.79 Å². The van der Waals surface area contributed by atoms with Crippen molar-refractivity contribution in [3.05, 3.63) is 52.5 Å². The van der Waals surface area contributed by atoms with Crippen LogP contribution in [0.3, 0.4) is 0 Å². The van der Waals surface area contributed by atoms with Gasteiger partial charge in [0, 0.05) is 5.41 Å². The van der Waals surface area contributed by atoms with E-state index in [2.05, 4.69) is 26.8 Å². The summed E-state index contributed by atoms with van der Waals surface area (Å²) in [4.78, 5) is 11.4. The van der Waals surface area contributed by atoms with Crippen LogP contribution < -0.4 is 10.5 Å². The molecule has 0 spiro atoms. The highest BCUT2D eigenvalue weighted by Gasteiger charge is 2.38. The van der Waals surface area contributed by atoms with Gasteiger partial charge in [0.2, 0.25) is 0 Å². The summed E-state index contributed by atoms with van der Waals surface area (Å²) in [6, 6.07) is 12.1. The molecule has 4 nitrogen and oxygen atoms in total. The molecule has 0 radical (unpaired) electrons. The second kappa shape index (κ2) is 8.44. The molecule has 1 aliphatic rings. The van der Waals surface area contributed by atoms with E-state index in [-0.39, 0.29) is 11.5 Å². The molecule has 0 saturated heterocycles. The predicted octanol–water partition coefficient (Wildman–Crippen LogP) is 6.29. The van der Waals surface area contributed by atoms with Crippen molar-refractivity contribution in [1.29, 1.82) is 0 Å². The number of amides is 1. The van der Waals surface area contributed by atoms with Gasteiger partial charge in [0.05, 0.1) is 11.6 Å². The number of fused-ring (bicyclic) bond motifs is 1. The van der Waals surface area contributed by atoms with E-state index < -0.39 is 6.09 Å². The van der Waals surface area contributed by atoms with Gasteiger partial charge >= 0.3 is 6.09 Å². The summed E-state index contributed by atoms with van der Waals surface area (Å²) in [5.74, 6) is 0.716. The molecule has 1 atom stereocenters. The van der Waals surface area contributed by atoms with Gasteiger partial charge in [-0.15, -0.1) is 0 Å². The van der Waals surface area contributed by atoms with Crippen molar-refractivity contribution < 1.29 is 14.3 Å². The summed E-state index contributed by atoms with van der Waals surface area (Å²) in [7, 11) is 0. The van der Waals surface area contributed by atoms with Crippen LogP contribution in [0.25, 0.3) is 11.1 Å². The molecular formula is C23H28ClNO3. The van der Waals surface area contributed by atoms with Crippen LogP contribution in [0.5, 0.6) is 5.75 Å². The first kappa shape index (κ1) is 20.5. The zero-order valence-corrected chi connectivity index (χ0v) is 17.5. The lowest BCUT2D eigenvalue weighted by atomic mass is 9.71. The molecule has 2 N–H and O–H groups in total. The first-order valence-corrected chi connectivity index (χ1v) is 10.2. The van der Waals surface area contributed by atoms with E-state index in [9.17, 15) is 4.79 Å². The molecule has 0 fully saturated rings. The fourth-order valence-corrected chi connectivity index (χ4v) is 3.96. The van der Waals surface area contributed by atoms with Crippen molar-refractivity contribution in [1.82, 2.24) is 0 Å². The van der Waals surface area contributed by atoms with E-state index in [0.717, 1.165) is 42.4 Å². The highest BCUT2D eigenvalue weighted by molar-refractivity contribution is 6.32. The molecule has 3 rings (SSSR count). The Morgan fingerprint density at radius 2 is 1.93 bits per heavy atom. The Morgan fingerprint density at radius 3 is 2.61 bits per heavy atom. The normalized spacial score (nSPS) is 17.6. The molecule has 0 aromatic heterocycles. The number of halogens is 1. The summed E-state index contributed by atoms with van der Waals surface area (Å²) in [6.07, 6.45) is 2.88. The third kappa shape index (κ3) is 4.44. The molecule has 0 aliphatic heterocycles. The van der Waals surface area contributed by atoms with Gasteiger partial charge in [-0.05, 0) is 53.6 Å². The Labute approximate surface area is 172 Å². The van der Waals surface area contributed by atoms with Gasteiger partial charge in [-0.2, -0.15) is 0 Å². The van der Waals surface area contributed by atoms with Gasteiger partial charge in [-0.3, -0.25) is 0 Å². The maximum absolute atomic E-state index is 11.4. The minimum atomic E-state index is -0.736. The van der Waals surface area contributed by atoms with E-state index in [1.54, 1.807) is 0 Å². The van der Waals surface area contributed by atoms with Crippen molar-refractivity contribution in [2.24, 2.45) is 11.1 Å². The predicted molar refractivity (Wildman–Crippen MR) is 113 cm³/mol. The third-order valence-electron chi connectivity index (χ3n) is 5.43. The number of ether oxygens (including phenoxy) is 2. The largest absolute Gasteiger partial charge is 0.492 e. The molecular weight excluding hydrogens is 374 g/mol. The molecule has 0 bridgehead atoms. The van der Waals surface area contributed by atoms with E-state index in [4.69, 9.17) is 26.8 Å². The molecule has 5 heteroatoms. The summed E-state index contributed by atoms with van der Waals surface area (Å²) in [5.41, 5.74) is 9.49. The van der Waals surface area contributed by atoms with Crippen molar-refractivity contribution in [2.45, 2.75) is 52.6 Å². The minimum absolute atomic E-state index is 0.148. The number of unbranched alkanes of at least 4 members (excludes halogenated alkanes) is 1. The number of rotatable bonds is 6. The van der Waals surface area contributed by atoms with Gasteiger partial charge < -0.3 is 15.2 Å². The lowest BCUT2D eigenvalue weighted by molar-refractivity contribution is 0.0147. The number of aryl methyl sites for hydroxylation is 1. The van der Waals surface area contributed by atoms with E-state index in [1.807, 2.05) is 30.3 Å². The quantitative estimate of drug-likeness (QED) is 0.578. The Hall–Kier alpha value is -2.20. The zero-order valence-electron chi connectivity index (χ0n) is 16.8. The third-order valence-corrected chi connectivity index (χ3v) is 5.72. The number of hydrogen-bond donors (Lipinski definition) is 1. The molecule has 1 amide bonds. The van der Waals surface area contributed by atoms with Crippen LogP contribution in [0.4, 0.5) is 4.79 Å². The second-order valence-electron chi connectivity index (χ2n) is 8.07. The molecule has 1 aliphatic carbocycles. The van der Waals surface area contributed by atoms with E-state index in [1.165, 1.54) is 5.56 Å². The lowest BCUT2D eigenvalue weighted by Gasteiger charge is -2.39. The summed E-state index contributed by atoms with van der Waals surface area (Å²) >= 11 is 6.42. The molecule has 28 heavy (non-hydrogen) atoms. The number of benzene rings is 2. The number of nitrogens with two attached hydrogens (primary N) is 1. The molecule has 0 saturated carbocycles. The highest BCUT2D eigenvalue weighted by atomic mass is 35.5. The molecule has 0 heterocycles. The van der Waals surface area contributed by atoms with Crippen molar-refractivity contribution in [3.63, 3.8) is 0 Å². The molecule has 1 unspecified atom stereocenters. The SMILES string of the molecule is CCCCOc1ccc(-c2ccc3c(c2)CCC(C)(C)C3OC(N)=O)cc1Cl. The first-order chi connectivity index (χ1) is 13.3. The first-order valence-electron chi connectivity index (χ1n) is 9.83. The van der Waals surface area contributed by atoms with Crippen LogP contribution >= 0.6 is 11.6 Å². The van der Waals surface area contributed by atoms with Crippen LogP contribution in [-0.4, -0.2) is 12.7 Å². The van der Waals surface area contributed by atoms with Crippen molar-refractivity contribution in [3.8, 4) is 16.9 Å². The van der Waals surface area contributed by atoms with Crippen molar-refractivity contribution >= 4 is 17.7 Å². The molecule has 2 aromatic rings. The second-order valence-corrected chi connectivity index (χ2v) is 8.47. The van der Waals surface area contributed by atoms with Gasteiger partial charge in [0.15, 0.2) is 0 Å². The smallest absolute Gasteiger partial charge is 0.405 e. The average molecular weight is 402 g/mol. The van der Waals surface area contributed by atoms with Gasteiger partial charge in [0.1, 0.15) is 11.9 Å². The fraction of sp³-hybridized carbons (Fsp3) is 0.435. The van der Waals surface area contributed by atoms with Gasteiger partial charge in [-0.1, -0.05) is 63.1 Å². The number of carbonyl (C=O) groups excluding carboxylic acids is 1. The Bertz CT molecular complexity index is 863. The number of hydrogen-bond acceptors (Lipinski definition) is 3. The maximum atomic E-state index is 11.4. The minimum Gasteiger partial charge on any atom is -0.492 e. The fourth-order valence-electron chi connectivity index (χ4n) is 3.73. The number of carbonyl (C=O) groups is 1. The summed E-state index contributed by atoms with van der Waals surface area (Å²) < 4.78 is 11.2. The molecule has 2 aromatic carbocycles. The average Bonchev–Trinajstić information content (AvgIpc) is 2.65. The Balaban J connectivity index is 1.88. The monoisotopic (exact) mass is 401 g/mol. The van der Waals surface area contributed by atoms with Crippen LogP contribution in [0.1, 0.15) is 57.3 Å². The Kier molecular flexibility index (Phi) is 6.19. The zero-order chi connectivity index (χ0) is 20.3. The van der Waals surface area contributed by atoms with Crippen LogP contribution in [0, 0.1) is 5.41 Å². The lowest BCUT2D eigenvalue weighted by Crippen LogP contribution is -2.33. The topological polar surface area (TPSA) is 61.6 Å². The van der Waals surface area contributed by atoms with E-state index >= 15 is 0 Å². The molecule has 150 valence electrons. The number of primary amides is 1. The standard InChI is InChI=1S/C23H28ClNO3/c1-4-5-12-27-20-9-7-16(14-19(20)24)15-6-8-18-17(13-15)10-11-23(2,3)21(18)28-22(25)26/h6-9,13-14,21H,4-5,10-12H2,1-3H3,(H2,25,26).